The number of likely N-dealkylation sites (N-methyl/N-ethyl adjacent to an activating group) is 1. The maximum Gasteiger partial charge on any atom is 0.326 e. The quantitative estimate of drug-likeness (QED) is 0.852. The summed E-state index contributed by atoms with van der Waals surface area (Å²) in [6.07, 6.45) is 2.92. The molecule has 0 spiro atoms. The van der Waals surface area contributed by atoms with Crippen molar-refractivity contribution in [2.24, 2.45) is 0 Å². The molecule has 96 valence electrons. The van der Waals surface area contributed by atoms with Crippen LogP contribution in [0.15, 0.2) is 30.3 Å². The van der Waals surface area contributed by atoms with E-state index in [4.69, 9.17) is 16.7 Å². The number of benzene rings is 1. The molecule has 1 aromatic rings. The molecule has 4 nitrogen and oxygen atoms in total. The minimum Gasteiger partial charge on any atom is -0.480 e. The van der Waals surface area contributed by atoms with Crippen LogP contribution < -0.4 is 0 Å². The summed E-state index contributed by atoms with van der Waals surface area (Å²) in [6.45, 7) is 1.45. The van der Waals surface area contributed by atoms with E-state index in [0.717, 1.165) is 10.5 Å². The molecule has 5 heteroatoms. The van der Waals surface area contributed by atoms with Gasteiger partial charge in [-0.1, -0.05) is 23.7 Å². The van der Waals surface area contributed by atoms with Crippen molar-refractivity contribution >= 4 is 29.6 Å². The maximum absolute atomic E-state index is 11.7. The highest BCUT2D eigenvalue weighted by molar-refractivity contribution is 6.30. The number of carbonyl (C=O) groups excluding carboxylic acids is 1. The molecule has 0 aliphatic rings. The first-order valence-electron chi connectivity index (χ1n) is 5.35. The summed E-state index contributed by atoms with van der Waals surface area (Å²) in [5.74, 6) is -1.41. The minimum atomic E-state index is -1.04. The smallest absolute Gasteiger partial charge is 0.326 e. The molecular formula is C13H14ClNO3. The normalized spacial score (nSPS) is 12.4. The van der Waals surface area contributed by atoms with Crippen molar-refractivity contribution in [3.63, 3.8) is 0 Å². The predicted molar refractivity (Wildman–Crippen MR) is 70.4 cm³/mol. The van der Waals surface area contributed by atoms with Gasteiger partial charge in [0, 0.05) is 18.1 Å². The van der Waals surface area contributed by atoms with E-state index in [1.165, 1.54) is 20.0 Å². The fourth-order valence-corrected chi connectivity index (χ4v) is 1.45. The van der Waals surface area contributed by atoms with Crippen molar-refractivity contribution in [2.45, 2.75) is 13.0 Å². The lowest BCUT2D eigenvalue weighted by atomic mass is 10.2. The van der Waals surface area contributed by atoms with Gasteiger partial charge in [0.2, 0.25) is 5.91 Å². The van der Waals surface area contributed by atoms with Crippen LogP contribution in [0.3, 0.4) is 0 Å². The van der Waals surface area contributed by atoms with Crippen LogP contribution in [0.2, 0.25) is 5.02 Å². The second-order valence-corrected chi connectivity index (χ2v) is 4.29. The van der Waals surface area contributed by atoms with E-state index in [2.05, 4.69) is 0 Å². The SMILES string of the molecule is CC(C(=O)O)N(C)C(=O)/C=C/c1cccc(Cl)c1. The van der Waals surface area contributed by atoms with Crippen LogP contribution in [0.5, 0.6) is 0 Å². The van der Waals surface area contributed by atoms with E-state index in [0.29, 0.717) is 5.02 Å². The summed E-state index contributed by atoms with van der Waals surface area (Å²) >= 11 is 5.81. The van der Waals surface area contributed by atoms with Gasteiger partial charge in [0.15, 0.2) is 0 Å². The third-order valence-electron chi connectivity index (χ3n) is 2.55. The predicted octanol–water partition coefficient (Wildman–Crippen LogP) is 2.28. The molecule has 1 atom stereocenters. The van der Waals surface area contributed by atoms with Crippen molar-refractivity contribution in [1.82, 2.24) is 4.90 Å². The molecule has 18 heavy (non-hydrogen) atoms. The molecule has 0 bridgehead atoms. The zero-order valence-electron chi connectivity index (χ0n) is 10.1. The van der Waals surface area contributed by atoms with Gasteiger partial charge in [0.1, 0.15) is 6.04 Å². The fourth-order valence-electron chi connectivity index (χ4n) is 1.25. The molecule has 1 aromatic carbocycles. The van der Waals surface area contributed by atoms with Crippen molar-refractivity contribution < 1.29 is 14.7 Å². The highest BCUT2D eigenvalue weighted by atomic mass is 35.5. The van der Waals surface area contributed by atoms with Crippen molar-refractivity contribution in [3.05, 3.63) is 40.9 Å². The molecule has 0 fully saturated rings. The number of rotatable bonds is 4. The largest absolute Gasteiger partial charge is 0.480 e. The lowest BCUT2D eigenvalue weighted by molar-refractivity contribution is -0.146. The van der Waals surface area contributed by atoms with E-state index < -0.39 is 12.0 Å². The number of carboxylic acid groups (broad SMARTS) is 1. The van der Waals surface area contributed by atoms with Crippen LogP contribution in [-0.2, 0) is 9.59 Å². The summed E-state index contributed by atoms with van der Waals surface area (Å²) in [5.41, 5.74) is 0.784. The number of amides is 1. The van der Waals surface area contributed by atoms with Crippen LogP contribution in [0.4, 0.5) is 0 Å². The van der Waals surface area contributed by atoms with Gasteiger partial charge in [0.25, 0.3) is 0 Å². The van der Waals surface area contributed by atoms with E-state index in [9.17, 15) is 9.59 Å². The highest BCUT2D eigenvalue weighted by Crippen LogP contribution is 2.12. The lowest BCUT2D eigenvalue weighted by Crippen LogP contribution is -2.39. The van der Waals surface area contributed by atoms with Crippen molar-refractivity contribution in [1.29, 1.82) is 0 Å². The monoisotopic (exact) mass is 267 g/mol. The van der Waals surface area contributed by atoms with Crippen LogP contribution in [0.25, 0.3) is 6.08 Å². The first kappa shape index (κ1) is 14.3. The maximum atomic E-state index is 11.7. The van der Waals surface area contributed by atoms with Crippen LogP contribution in [0.1, 0.15) is 12.5 Å². The van der Waals surface area contributed by atoms with Gasteiger partial charge >= 0.3 is 5.97 Å². The Morgan fingerprint density at radius 2 is 2.11 bits per heavy atom. The van der Waals surface area contributed by atoms with Gasteiger partial charge in [-0.15, -0.1) is 0 Å². The van der Waals surface area contributed by atoms with Crippen LogP contribution in [0, 0.1) is 0 Å². The van der Waals surface area contributed by atoms with E-state index >= 15 is 0 Å². The highest BCUT2D eigenvalue weighted by Gasteiger charge is 2.19. The standard InChI is InChI=1S/C13H14ClNO3/c1-9(13(17)18)15(2)12(16)7-6-10-4-3-5-11(14)8-10/h3-9H,1-2H3,(H,17,18)/b7-6+. The van der Waals surface area contributed by atoms with Crippen LogP contribution >= 0.6 is 11.6 Å². The fraction of sp³-hybridized carbons (Fsp3) is 0.231. The summed E-state index contributed by atoms with van der Waals surface area (Å²) in [7, 11) is 1.45. The first-order chi connectivity index (χ1) is 8.41. The minimum absolute atomic E-state index is 0.370. The first-order valence-corrected chi connectivity index (χ1v) is 5.73. The average molecular weight is 268 g/mol. The van der Waals surface area contributed by atoms with Crippen molar-refractivity contribution in [2.75, 3.05) is 7.05 Å². The van der Waals surface area contributed by atoms with Crippen LogP contribution in [-0.4, -0.2) is 35.0 Å². The molecular weight excluding hydrogens is 254 g/mol. The molecule has 0 aliphatic heterocycles. The number of aliphatic carboxylic acids is 1. The molecule has 0 saturated heterocycles. The Balaban J connectivity index is 2.73. The van der Waals surface area contributed by atoms with E-state index in [1.54, 1.807) is 30.3 Å². The number of hydrogen-bond donors (Lipinski definition) is 1. The van der Waals surface area contributed by atoms with E-state index in [-0.39, 0.29) is 5.91 Å². The van der Waals surface area contributed by atoms with E-state index in [1.807, 2.05) is 0 Å². The Bertz CT molecular complexity index is 485. The lowest BCUT2D eigenvalue weighted by Gasteiger charge is -2.19. The number of carbonyl (C=O) groups is 2. The van der Waals surface area contributed by atoms with Gasteiger partial charge in [-0.3, -0.25) is 4.79 Å². The second kappa shape index (κ2) is 6.21. The molecule has 1 rings (SSSR count). The van der Waals surface area contributed by atoms with Gasteiger partial charge in [0.05, 0.1) is 0 Å². The third-order valence-corrected chi connectivity index (χ3v) is 2.79. The second-order valence-electron chi connectivity index (χ2n) is 3.85. The van der Waals surface area contributed by atoms with Gasteiger partial charge in [-0.05, 0) is 30.7 Å². The number of hydrogen-bond acceptors (Lipinski definition) is 2. The summed E-state index contributed by atoms with van der Waals surface area (Å²) in [6, 6.07) is 6.17. The Morgan fingerprint density at radius 3 is 2.67 bits per heavy atom. The summed E-state index contributed by atoms with van der Waals surface area (Å²) in [4.78, 5) is 23.6. The zero-order valence-corrected chi connectivity index (χ0v) is 10.9. The average Bonchev–Trinajstić information content (AvgIpc) is 2.34. The van der Waals surface area contributed by atoms with Crippen molar-refractivity contribution in [3.8, 4) is 0 Å². The molecule has 0 saturated carbocycles. The third kappa shape index (κ3) is 3.89. The van der Waals surface area contributed by atoms with Gasteiger partial charge in [-0.25, -0.2) is 4.79 Å². The molecule has 1 amide bonds. The number of halogens is 1. The topological polar surface area (TPSA) is 57.6 Å². The number of carboxylic acids is 1. The Labute approximate surface area is 110 Å². The molecule has 1 unspecified atom stereocenters. The molecule has 0 radical (unpaired) electrons. The van der Waals surface area contributed by atoms with Gasteiger partial charge < -0.3 is 10.0 Å². The molecule has 1 N–H and O–H groups in total. The number of nitrogens with zero attached hydrogens (tertiary/aromatic N) is 1. The molecule has 0 aromatic heterocycles. The molecule has 0 aliphatic carbocycles. The Hall–Kier alpha value is -1.81. The molecule has 0 heterocycles. The zero-order chi connectivity index (χ0) is 13.7. The van der Waals surface area contributed by atoms with Gasteiger partial charge in [-0.2, -0.15) is 0 Å². The Morgan fingerprint density at radius 1 is 1.44 bits per heavy atom. The summed E-state index contributed by atoms with van der Waals surface area (Å²) in [5, 5.41) is 9.37. The Kier molecular flexibility index (Phi) is 4.92. The summed E-state index contributed by atoms with van der Waals surface area (Å²) < 4.78 is 0.